The molecule has 0 N–H and O–H groups in total. The maximum Gasteiger partial charge on any atom is 0.229 e. The lowest BCUT2D eigenvalue weighted by molar-refractivity contribution is -0.131. The van der Waals surface area contributed by atoms with Crippen LogP contribution < -0.4 is 0 Å². The predicted octanol–water partition coefficient (Wildman–Crippen LogP) is 2.15. The van der Waals surface area contributed by atoms with Gasteiger partial charge >= 0.3 is 0 Å². The smallest absolute Gasteiger partial charge is 0.229 e. The van der Waals surface area contributed by atoms with Crippen LogP contribution in [0, 0.1) is 6.92 Å². The van der Waals surface area contributed by atoms with Crippen LogP contribution in [-0.2, 0) is 11.2 Å². The molecule has 0 bridgehead atoms. The summed E-state index contributed by atoms with van der Waals surface area (Å²) in [5, 5.41) is 2.96. The highest BCUT2D eigenvalue weighted by Gasteiger charge is 2.31. The Bertz CT molecular complexity index is 598. The van der Waals surface area contributed by atoms with Crippen molar-refractivity contribution in [2.75, 3.05) is 6.54 Å². The molecule has 1 atom stereocenters. The lowest BCUT2D eigenvalue weighted by Gasteiger charge is -2.23. The topological polar surface area (TPSA) is 59.0 Å². The molecule has 0 saturated carbocycles. The van der Waals surface area contributed by atoms with Crippen LogP contribution in [0.25, 0.3) is 0 Å². The minimum Gasteiger partial charge on any atom is -0.334 e. The van der Waals surface area contributed by atoms with Crippen LogP contribution in [0.15, 0.2) is 24.0 Å². The molecular weight excluding hydrogens is 272 g/mol. The highest BCUT2D eigenvalue weighted by atomic mass is 32.1. The highest BCUT2D eigenvalue weighted by Crippen LogP contribution is 2.30. The van der Waals surface area contributed by atoms with E-state index in [9.17, 15) is 4.79 Å². The molecule has 0 aromatic carbocycles. The second-order valence-electron chi connectivity index (χ2n) is 4.91. The Kier molecular flexibility index (Phi) is 3.73. The van der Waals surface area contributed by atoms with Gasteiger partial charge in [0, 0.05) is 24.3 Å². The molecule has 3 heterocycles. The second kappa shape index (κ2) is 5.66. The van der Waals surface area contributed by atoms with E-state index in [0.29, 0.717) is 6.42 Å². The summed E-state index contributed by atoms with van der Waals surface area (Å²) in [5.41, 5.74) is 1.75. The Balaban J connectivity index is 1.73. The van der Waals surface area contributed by atoms with Crippen LogP contribution in [0.3, 0.4) is 0 Å². The van der Waals surface area contributed by atoms with Gasteiger partial charge in [-0.15, -0.1) is 11.3 Å². The van der Waals surface area contributed by atoms with Crippen LogP contribution in [0.1, 0.15) is 35.3 Å². The summed E-state index contributed by atoms with van der Waals surface area (Å²) >= 11 is 1.58. The summed E-state index contributed by atoms with van der Waals surface area (Å²) in [5.74, 6) is 0.128. The average Bonchev–Trinajstić information content (AvgIpc) is 3.09. The van der Waals surface area contributed by atoms with Gasteiger partial charge in [-0.1, -0.05) is 0 Å². The number of carbonyl (C=O) groups is 1. The molecule has 104 valence electrons. The molecule has 20 heavy (non-hydrogen) atoms. The van der Waals surface area contributed by atoms with Crippen LogP contribution in [0.2, 0.25) is 0 Å². The maximum atomic E-state index is 12.5. The van der Waals surface area contributed by atoms with Crippen molar-refractivity contribution >= 4 is 17.2 Å². The molecule has 0 spiro atoms. The molecule has 2 aromatic rings. The lowest BCUT2D eigenvalue weighted by atomic mass is 10.1. The van der Waals surface area contributed by atoms with Gasteiger partial charge in [0.05, 0.1) is 35.1 Å². The quantitative estimate of drug-likeness (QED) is 0.868. The number of nitrogens with zero attached hydrogens (tertiary/aromatic N) is 4. The van der Waals surface area contributed by atoms with Crippen molar-refractivity contribution in [3.8, 4) is 0 Å². The zero-order valence-electron chi connectivity index (χ0n) is 11.3. The summed E-state index contributed by atoms with van der Waals surface area (Å²) in [4.78, 5) is 27.2. The number of aromatic nitrogens is 3. The van der Waals surface area contributed by atoms with Crippen LogP contribution in [-0.4, -0.2) is 32.3 Å². The average molecular weight is 288 g/mol. The van der Waals surface area contributed by atoms with Crippen molar-refractivity contribution in [1.82, 2.24) is 19.9 Å². The summed E-state index contributed by atoms with van der Waals surface area (Å²) in [6.45, 7) is 2.75. The van der Waals surface area contributed by atoms with Crippen molar-refractivity contribution in [3.63, 3.8) is 0 Å². The maximum absolute atomic E-state index is 12.5. The molecule has 0 radical (unpaired) electrons. The molecule has 1 aliphatic heterocycles. The first-order valence-corrected chi connectivity index (χ1v) is 7.58. The molecule has 3 rings (SSSR count). The number of likely N-dealkylation sites (tertiary alicyclic amines) is 1. The minimum atomic E-state index is 0.0657. The molecule has 5 nitrogen and oxygen atoms in total. The summed E-state index contributed by atoms with van der Waals surface area (Å²) < 4.78 is 0. The van der Waals surface area contributed by atoms with Gasteiger partial charge in [0.25, 0.3) is 0 Å². The van der Waals surface area contributed by atoms with E-state index in [2.05, 4.69) is 15.0 Å². The third kappa shape index (κ3) is 2.70. The van der Waals surface area contributed by atoms with E-state index in [-0.39, 0.29) is 11.9 Å². The fourth-order valence-electron chi connectivity index (χ4n) is 2.60. The monoisotopic (exact) mass is 288 g/mol. The Morgan fingerprint density at radius 2 is 2.40 bits per heavy atom. The summed E-state index contributed by atoms with van der Waals surface area (Å²) in [7, 11) is 0. The predicted molar refractivity (Wildman–Crippen MR) is 76.3 cm³/mol. The molecule has 1 fully saturated rings. The zero-order chi connectivity index (χ0) is 13.9. The fourth-order valence-corrected chi connectivity index (χ4v) is 3.21. The number of rotatable bonds is 3. The molecule has 6 heteroatoms. The van der Waals surface area contributed by atoms with Crippen LogP contribution >= 0.6 is 11.3 Å². The SMILES string of the molecule is Cc1nc(CC(=O)N2CCC[C@@H]2c2cnccn2)cs1. The number of amides is 1. The molecule has 0 unspecified atom stereocenters. The van der Waals surface area contributed by atoms with Crippen molar-refractivity contribution in [2.45, 2.75) is 32.2 Å². The normalized spacial score (nSPS) is 18.4. The molecule has 1 saturated heterocycles. The van der Waals surface area contributed by atoms with Crippen molar-refractivity contribution in [2.24, 2.45) is 0 Å². The first-order valence-electron chi connectivity index (χ1n) is 6.70. The largest absolute Gasteiger partial charge is 0.334 e. The van der Waals surface area contributed by atoms with E-state index in [1.807, 2.05) is 17.2 Å². The lowest BCUT2D eigenvalue weighted by Crippen LogP contribution is -2.32. The van der Waals surface area contributed by atoms with E-state index in [1.54, 1.807) is 29.9 Å². The Morgan fingerprint density at radius 1 is 1.50 bits per heavy atom. The number of aryl methyl sites for hydroxylation is 1. The van der Waals surface area contributed by atoms with Crippen molar-refractivity contribution in [3.05, 3.63) is 40.4 Å². The zero-order valence-corrected chi connectivity index (χ0v) is 12.1. The minimum absolute atomic E-state index is 0.0657. The van der Waals surface area contributed by atoms with Gasteiger partial charge < -0.3 is 4.90 Å². The summed E-state index contributed by atoms with van der Waals surface area (Å²) in [6.07, 6.45) is 7.44. The van der Waals surface area contributed by atoms with Gasteiger partial charge in [0.1, 0.15) is 0 Å². The molecule has 1 aliphatic rings. The first-order chi connectivity index (χ1) is 9.74. The first kappa shape index (κ1) is 13.2. The van der Waals surface area contributed by atoms with Crippen LogP contribution in [0.5, 0.6) is 0 Å². The molecule has 2 aromatic heterocycles. The standard InChI is InChI=1S/C14H16N4OS/c1-10-17-11(9-20-10)7-14(19)18-6-2-3-13(18)12-8-15-4-5-16-12/h4-5,8-9,13H,2-3,6-7H2,1H3/t13-/m1/s1. The van der Waals surface area contributed by atoms with E-state index >= 15 is 0 Å². The van der Waals surface area contributed by atoms with E-state index < -0.39 is 0 Å². The number of carbonyl (C=O) groups excluding carboxylic acids is 1. The Morgan fingerprint density at radius 3 is 3.10 bits per heavy atom. The van der Waals surface area contributed by atoms with Gasteiger partial charge in [-0.05, 0) is 19.8 Å². The van der Waals surface area contributed by atoms with Gasteiger partial charge in [0.2, 0.25) is 5.91 Å². The van der Waals surface area contributed by atoms with Gasteiger partial charge in [-0.3, -0.25) is 14.8 Å². The number of hydrogen-bond acceptors (Lipinski definition) is 5. The van der Waals surface area contributed by atoms with E-state index in [1.165, 1.54) is 0 Å². The van der Waals surface area contributed by atoms with Crippen LogP contribution in [0.4, 0.5) is 0 Å². The van der Waals surface area contributed by atoms with E-state index in [0.717, 1.165) is 35.8 Å². The Labute approximate surface area is 121 Å². The van der Waals surface area contributed by atoms with Crippen molar-refractivity contribution < 1.29 is 4.79 Å². The van der Waals surface area contributed by atoms with Gasteiger partial charge in [-0.25, -0.2) is 4.98 Å². The highest BCUT2D eigenvalue weighted by molar-refractivity contribution is 7.09. The third-order valence-electron chi connectivity index (χ3n) is 3.50. The molecule has 0 aliphatic carbocycles. The van der Waals surface area contributed by atoms with E-state index in [4.69, 9.17) is 0 Å². The Hall–Kier alpha value is -1.82. The number of hydrogen-bond donors (Lipinski definition) is 0. The van der Waals surface area contributed by atoms with Gasteiger partial charge in [0.15, 0.2) is 0 Å². The van der Waals surface area contributed by atoms with Gasteiger partial charge in [-0.2, -0.15) is 0 Å². The third-order valence-corrected chi connectivity index (χ3v) is 4.32. The summed E-state index contributed by atoms with van der Waals surface area (Å²) in [6, 6.07) is 0.0657. The fraction of sp³-hybridized carbons (Fsp3) is 0.429. The molecular formula is C14H16N4OS. The number of thiazole rings is 1. The molecule has 1 amide bonds. The van der Waals surface area contributed by atoms with Crippen molar-refractivity contribution in [1.29, 1.82) is 0 Å². The second-order valence-corrected chi connectivity index (χ2v) is 5.97.